The first kappa shape index (κ1) is 12.2. The first-order valence-corrected chi connectivity index (χ1v) is 5.03. The third-order valence-corrected chi connectivity index (χ3v) is 2.23. The van der Waals surface area contributed by atoms with Crippen LogP contribution in [0.3, 0.4) is 0 Å². The number of aromatic nitrogens is 1. The molecule has 1 aromatic heterocycles. The Bertz CT molecular complexity index is 371. The fourth-order valence-electron chi connectivity index (χ4n) is 0.934. The fraction of sp³-hybridized carbons (Fsp3) is 0.333. The average Bonchev–Trinajstić information content (AvgIpc) is 2.21. The van der Waals surface area contributed by atoms with Crippen LogP contribution in [0, 0.1) is 0 Å². The lowest BCUT2D eigenvalue weighted by Gasteiger charge is -2.11. The van der Waals surface area contributed by atoms with Crippen molar-refractivity contribution < 1.29 is 9.90 Å². The zero-order chi connectivity index (χ0) is 11.4. The van der Waals surface area contributed by atoms with Gasteiger partial charge >= 0.3 is 0 Å². The maximum atomic E-state index is 11.6. The fourth-order valence-corrected chi connectivity index (χ4v) is 1.28. The number of aliphatic hydroxyl groups excluding tert-OH is 1. The van der Waals surface area contributed by atoms with E-state index in [9.17, 15) is 4.79 Å². The molecule has 82 valence electrons. The molecule has 4 nitrogen and oxygen atoms in total. The van der Waals surface area contributed by atoms with E-state index in [1.807, 2.05) is 0 Å². The molecule has 1 aromatic rings. The van der Waals surface area contributed by atoms with Crippen LogP contribution in [0.2, 0.25) is 10.2 Å². The summed E-state index contributed by atoms with van der Waals surface area (Å²) < 4.78 is 0. The van der Waals surface area contributed by atoms with Gasteiger partial charge in [-0.25, -0.2) is 4.98 Å². The Balaban J connectivity index is 2.86. The standard InChI is InChI=1S/C9H10Cl2N2O2/c1-5(4-14)13-9(15)6-2-8(11)12-3-7(6)10/h2-3,5,14H,4H2,1H3,(H,13,15)/t5-/m0/s1. The van der Waals surface area contributed by atoms with Gasteiger partial charge in [0.2, 0.25) is 0 Å². The van der Waals surface area contributed by atoms with Gasteiger partial charge in [0.1, 0.15) is 5.15 Å². The van der Waals surface area contributed by atoms with Crippen LogP contribution in [0.5, 0.6) is 0 Å². The van der Waals surface area contributed by atoms with Crippen LogP contribution in [0.4, 0.5) is 0 Å². The second-order valence-corrected chi connectivity index (χ2v) is 3.84. The number of aliphatic hydroxyl groups is 1. The Morgan fingerprint density at radius 1 is 1.67 bits per heavy atom. The molecule has 6 heteroatoms. The van der Waals surface area contributed by atoms with Crippen molar-refractivity contribution in [2.75, 3.05) is 6.61 Å². The van der Waals surface area contributed by atoms with Crippen LogP contribution in [-0.4, -0.2) is 28.6 Å². The van der Waals surface area contributed by atoms with Crippen molar-refractivity contribution >= 4 is 29.1 Å². The molecule has 0 aliphatic carbocycles. The summed E-state index contributed by atoms with van der Waals surface area (Å²) in [6.45, 7) is 1.54. The number of carbonyl (C=O) groups is 1. The number of pyridine rings is 1. The van der Waals surface area contributed by atoms with Crippen LogP contribution >= 0.6 is 23.2 Å². The van der Waals surface area contributed by atoms with Crippen molar-refractivity contribution in [1.29, 1.82) is 0 Å². The minimum absolute atomic E-state index is 0.137. The van der Waals surface area contributed by atoms with Gasteiger partial charge in [-0.05, 0) is 13.0 Å². The molecule has 0 aliphatic heterocycles. The van der Waals surface area contributed by atoms with E-state index in [2.05, 4.69) is 10.3 Å². The van der Waals surface area contributed by atoms with E-state index >= 15 is 0 Å². The third-order valence-electron chi connectivity index (χ3n) is 1.72. The van der Waals surface area contributed by atoms with Crippen molar-refractivity contribution in [3.63, 3.8) is 0 Å². The molecular weight excluding hydrogens is 239 g/mol. The first-order valence-electron chi connectivity index (χ1n) is 4.27. The van der Waals surface area contributed by atoms with Gasteiger partial charge in [0.05, 0.1) is 17.2 Å². The van der Waals surface area contributed by atoms with Crippen LogP contribution in [-0.2, 0) is 0 Å². The molecule has 1 atom stereocenters. The van der Waals surface area contributed by atoms with Gasteiger partial charge in [-0.2, -0.15) is 0 Å². The number of hydrogen-bond donors (Lipinski definition) is 2. The van der Waals surface area contributed by atoms with Crippen LogP contribution in [0.25, 0.3) is 0 Å². The Labute approximate surface area is 97.2 Å². The maximum Gasteiger partial charge on any atom is 0.253 e. The van der Waals surface area contributed by atoms with Gasteiger partial charge in [-0.15, -0.1) is 0 Å². The maximum absolute atomic E-state index is 11.6. The summed E-state index contributed by atoms with van der Waals surface area (Å²) in [6, 6.07) is 1.05. The van der Waals surface area contributed by atoms with Crippen molar-refractivity contribution in [1.82, 2.24) is 10.3 Å². The number of amides is 1. The van der Waals surface area contributed by atoms with Gasteiger partial charge in [0, 0.05) is 12.2 Å². The molecule has 0 aromatic carbocycles. The highest BCUT2D eigenvalue weighted by molar-refractivity contribution is 6.35. The molecule has 0 aliphatic rings. The second kappa shape index (κ2) is 5.30. The summed E-state index contributed by atoms with van der Waals surface area (Å²) in [5, 5.41) is 11.7. The topological polar surface area (TPSA) is 62.2 Å². The minimum atomic E-state index is -0.383. The Morgan fingerprint density at radius 2 is 2.33 bits per heavy atom. The highest BCUT2D eigenvalue weighted by Gasteiger charge is 2.13. The van der Waals surface area contributed by atoms with Gasteiger partial charge in [0.25, 0.3) is 5.91 Å². The zero-order valence-electron chi connectivity index (χ0n) is 8.00. The van der Waals surface area contributed by atoms with Gasteiger partial charge in [0.15, 0.2) is 0 Å². The smallest absolute Gasteiger partial charge is 0.253 e. The molecular formula is C9H10Cl2N2O2. The van der Waals surface area contributed by atoms with Crippen molar-refractivity contribution in [3.8, 4) is 0 Å². The zero-order valence-corrected chi connectivity index (χ0v) is 9.51. The predicted molar refractivity (Wildman–Crippen MR) is 58.3 cm³/mol. The number of nitrogens with zero attached hydrogens (tertiary/aromatic N) is 1. The highest BCUT2D eigenvalue weighted by Crippen LogP contribution is 2.17. The van der Waals surface area contributed by atoms with Gasteiger partial charge in [-0.3, -0.25) is 4.79 Å². The summed E-state index contributed by atoms with van der Waals surface area (Å²) in [4.78, 5) is 15.3. The van der Waals surface area contributed by atoms with Gasteiger partial charge < -0.3 is 10.4 Å². The molecule has 1 rings (SSSR count). The van der Waals surface area contributed by atoms with Crippen molar-refractivity contribution in [2.45, 2.75) is 13.0 Å². The highest BCUT2D eigenvalue weighted by atomic mass is 35.5. The van der Waals surface area contributed by atoms with Crippen molar-refractivity contribution in [3.05, 3.63) is 28.0 Å². The Kier molecular flexibility index (Phi) is 4.32. The second-order valence-electron chi connectivity index (χ2n) is 3.04. The number of rotatable bonds is 3. The van der Waals surface area contributed by atoms with Crippen LogP contribution < -0.4 is 5.32 Å². The summed E-state index contributed by atoms with van der Waals surface area (Å²) >= 11 is 11.4. The third kappa shape index (κ3) is 3.34. The predicted octanol–water partition coefficient (Wildman–Crippen LogP) is 1.50. The molecule has 0 fully saturated rings. The summed E-state index contributed by atoms with van der Waals surface area (Å²) in [6.07, 6.45) is 1.31. The Morgan fingerprint density at radius 3 is 2.93 bits per heavy atom. The van der Waals surface area contributed by atoms with Crippen LogP contribution in [0.1, 0.15) is 17.3 Å². The molecule has 0 bridgehead atoms. The lowest BCUT2D eigenvalue weighted by atomic mass is 10.2. The molecule has 0 radical (unpaired) electrons. The molecule has 0 saturated heterocycles. The van der Waals surface area contributed by atoms with Crippen LogP contribution in [0.15, 0.2) is 12.3 Å². The van der Waals surface area contributed by atoms with E-state index in [1.165, 1.54) is 12.3 Å². The van der Waals surface area contributed by atoms with E-state index in [0.29, 0.717) is 0 Å². The number of hydrogen-bond acceptors (Lipinski definition) is 3. The first-order chi connectivity index (χ1) is 7.04. The molecule has 1 heterocycles. The summed E-state index contributed by atoms with van der Waals surface area (Å²) in [5.41, 5.74) is 0.247. The lowest BCUT2D eigenvalue weighted by molar-refractivity contribution is 0.0922. The number of halogens is 2. The Hall–Kier alpha value is -0.840. The van der Waals surface area contributed by atoms with E-state index in [-0.39, 0.29) is 34.3 Å². The molecule has 15 heavy (non-hydrogen) atoms. The quantitative estimate of drug-likeness (QED) is 0.798. The summed E-state index contributed by atoms with van der Waals surface area (Å²) in [5.74, 6) is -0.383. The number of carbonyl (C=O) groups excluding carboxylic acids is 1. The van der Waals surface area contributed by atoms with E-state index < -0.39 is 0 Å². The monoisotopic (exact) mass is 248 g/mol. The van der Waals surface area contributed by atoms with E-state index in [4.69, 9.17) is 28.3 Å². The normalized spacial score (nSPS) is 12.3. The largest absolute Gasteiger partial charge is 0.394 e. The molecule has 0 unspecified atom stereocenters. The van der Waals surface area contributed by atoms with E-state index in [1.54, 1.807) is 6.92 Å². The molecule has 0 saturated carbocycles. The number of nitrogens with one attached hydrogen (secondary N) is 1. The van der Waals surface area contributed by atoms with E-state index in [0.717, 1.165) is 0 Å². The van der Waals surface area contributed by atoms with Gasteiger partial charge in [-0.1, -0.05) is 23.2 Å². The van der Waals surface area contributed by atoms with Crippen molar-refractivity contribution in [2.24, 2.45) is 0 Å². The molecule has 0 spiro atoms. The SMILES string of the molecule is C[C@@H](CO)NC(=O)c1cc(Cl)ncc1Cl. The molecule has 2 N–H and O–H groups in total. The average molecular weight is 249 g/mol. The minimum Gasteiger partial charge on any atom is -0.394 e. The molecule has 1 amide bonds. The lowest BCUT2D eigenvalue weighted by Crippen LogP contribution is -2.35. The summed E-state index contributed by atoms with van der Waals surface area (Å²) in [7, 11) is 0.